The number of nitrogens with one attached hydrogen (secondary N) is 1. The summed E-state index contributed by atoms with van der Waals surface area (Å²) < 4.78 is 5.32. The van der Waals surface area contributed by atoms with Crippen LogP contribution in [0.4, 0.5) is 0 Å². The van der Waals surface area contributed by atoms with Gasteiger partial charge in [-0.2, -0.15) is 0 Å². The van der Waals surface area contributed by atoms with E-state index in [1.807, 2.05) is 17.0 Å². The number of hydrogen-bond donors (Lipinski definition) is 2. The van der Waals surface area contributed by atoms with Crippen molar-refractivity contribution in [3.63, 3.8) is 0 Å². The van der Waals surface area contributed by atoms with Gasteiger partial charge < -0.3 is 20.7 Å². The third-order valence-electron chi connectivity index (χ3n) is 5.21. The van der Waals surface area contributed by atoms with E-state index in [1.54, 1.807) is 0 Å². The molecule has 0 saturated carbocycles. The molecule has 0 aromatic heterocycles. The van der Waals surface area contributed by atoms with Crippen LogP contribution in [0.15, 0.2) is 24.3 Å². The third kappa shape index (κ3) is 3.44. The average Bonchev–Trinajstić information content (AvgIpc) is 2.65. The van der Waals surface area contributed by atoms with E-state index in [-0.39, 0.29) is 24.9 Å². The lowest BCUT2D eigenvalue weighted by Gasteiger charge is -2.35. The molecule has 130 valence electrons. The van der Waals surface area contributed by atoms with Crippen molar-refractivity contribution in [3.05, 3.63) is 35.4 Å². The predicted octanol–water partition coefficient (Wildman–Crippen LogP) is 0.443. The zero-order valence-electron chi connectivity index (χ0n) is 13.9. The van der Waals surface area contributed by atoms with Gasteiger partial charge in [-0.05, 0) is 30.4 Å². The Balaban J connectivity index is 1.55. The molecule has 0 spiro atoms. The second kappa shape index (κ2) is 7.32. The molecule has 0 radical (unpaired) electrons. The number of carbonyl (C=O) groups is 2. The lowest BCUT2D eigenvalue weighted by molar-refractivity contribution is -0.139. The number of rotatable bonds is 4. The van der Waals surface area contributed by atoms with Crippen LogP contribution >= 0.6 is 0 Å². The number of amides is 2. The van der Waals surface area contributed by atoms with Crippen molar-refractivity contribution in [1.82, 2.24) is 10.2 Å². The SMILES string of the molecule is NCC1(C(=O)NCC(=O)N2CCc3ccccc3C2)CCOCC1. The fourth-order valence-electron chi connectivity index (χ4n) is 3.45. The van der Waals surface area contributed by atoms with E-state index in [9.17, 15) is 9.59 Å². The van der Waals surface area contributed by atoms with Crippen molar-refractivity contribution in [2.75, 3.05) is 32.8 Å². The van der Waals surface area contributed by atoms with Gasteiger partial charge in [-0.15, -0.1) is 0 Å². The lowest BCUT2D eigenvalue weighted by Crippen LogP contribution is -2.51. The molecule has 2 aliphatic rings. The molecule has 3 N–H and O–H groups in total. The molecule has 1 saturated heterocycles. The molecule has 1 fully saturated rings. The van der Waals surface area contributed by atoms with Crippen molar-refractivity contribution in [3.8, 4) is 0 Å². The van der Waals surface area contributed by atoms with Gasteiger partial charge in [0.1, 0.15) is 0 Å². The summed E-state index contributed by atoms with van der Waals surface area (Å²) in [5.41, 5.74) is 7.73. The van der Waals surface area contributed by atoms with E-state index in [4.69, 9.17) is 10.5 Å². The van der Waals surface area contributed by atoms with Gasteiger partial charge in [0, 0.05) is 32.8 Å². The maximum atomic E-state index is 12.5. The summed E-state index contributed by atoms with van der Waals surface area (Å²) in [6.07, 6.45) is 2.08. The van der Waals surface area contributed by atoms with Crippen LogP contribution in [0.1, 0.15) is 24.0 Å². The second-order valence-corrected chi connectivity index (χ2v) is 6.61. The van der Waals surface area contributed by atoms with E-state index >= 15 is 0 Å². The topological polar surface area (TPSA) is 84.7 Å². The maximum Gasteiger partial charge on any atom is 0.242 e. The van der Waals surface area contributed by atoms with Crippen molar-refractivity contribution < 1.29 is 14.3 Å². The van der Waals surface area contributed by atoms with Gasteiger partial charge in [0.15, 0.2) is 0 Å². The molecule has 1 aromatic rings. The number of benzene rings is 1. The normalized spacial score (nSPS) is 19.5. The van der Waals surface area contributed by atoms with Crippen LogP contribution in [0, 0.1) is 5.41 Å². The first kappa shape index (κ1) is 16.9. The number of nitrogens with two attached hydrogens (primary N) is 1. The first-order valence-electron chi connectivity index (χ1n) is 8.55. The highest BCUT2D eigenvalue weighted by Gasteiger charge is 2.39. The third-order valence-corrected chi connectivity index (χ3v) is 5.21. The molecule has 2 heterocycles. The predicted molar refractivity (Wildman–Crippen MR) is 90.1 cm³/mol. The Morgan fingerprint density at radius 1 is 1.21 bits per heavy atom. The van der Waals surface area contributed by atoms with E-state index in [0.717, 1.165) is 6.42 Å². The van der Waals surface area contributed by atoms with Crippen molar-refractivity contribution in [2.45, 2.75) is 25.8 Å². The van der Waals surface area contributed by atoms with Gasteiger partial charge in [0.2, 0.25) is 11.8 Å². The summed E-state index contributed by atoms with van der Waals surface area (Å²) in [6, 6.07) is 8.18. The second-order valence-electron chi connectivity index (χ2n) is 6.61. The molecule has 2 amide bonds. The Morgan fingerprint density at radius 2 is 1.92 bits per heavy atom. The zero-order chi connectivity index (χ0) is 17.0. The Labute approximate surface area is 142 Å². The molecule has 0 atom stereocenters. The number of fused-ring (bicyclic) bond motifs is 1. The minimum absolute atomic E-state index is 0.0314. The highest BCUT2D eigenvalue weighted by Crippen LogP contribution is 2.29. The summed E-state index contributed by atoms with van der Waals surface area (Å²) in [5.74, 6) is -0.170. The first-order valence-corrected chi connectivity index (χ1v) is 8.55. The molecule has 3 rings (SSSR count). The van der Waals surface area contributed by atoms with Gasteiger partial charge in [-0.1, -0.05) is 24.3 Å². The van der Waals surface area contributed by atoms with Crippen LogP contribution in [0.2, 0.25) is 0 Å². The standard InChI is InChI=1S/C18H25N3O3/c19-13-18(6-9-24-10-7-18)17(23)20-11-16(22)21-8-5-14-3-1-2-4-15(14)12-21/h1-4H,5-13,19H2,(H,20,23). The van der Waals surface area contributed by atoms with Crippen LogP contribution in [-0.2, 0) is 27.3 Å². The fraction of sp³-hybridized carbons (Fsp3) is 0.556. The van der Waals surface area contributed by atoms with Gasteiger partial charge >= 0.3 is 0 Å². The highest BCUT2D eigenvalue weighted by molar-refractivity contribution is 5.88. The summed E-state index contributed by atoms with van der Waals surface area (Å²) in [7, 11) is 0. The highest BCUT2D eigenvalue weighted by atomic mass is 16.5. The summed E-state index contributed by atoms with van der Waals surface area (Å²) in [4.78, 5) is 26.8. The molecule has 0 bridgehead atoms. The Kier molecular flexibility index (Phi) is 5.16. The molecule has 6 nitrogen and oxygen atoms in total. The van der Waals surface area contributed by atoms with E-state index in [1.165, 1.54) is 11.1 Å². The van der Waals surface area contributed by atoms with Gasteiger partial charge in [0.25, 0.3) is 0 Å². The van der Waals surface area contributed by atoms with Crippen LogP contribution in [0.3, 0.4) is 0 Å². The Bertz CT molecular complexity index is 611. The largest absolute Gasteiger partial charge is 0.381 e. The van der Waals surface area contributed by atoms with Crippen molar-refractivity contribution >= 4 is 11.8 Å². The van der Waals surface area contributed by atoms with E-state index in [2.05, 4.69) is 17.4 Å². The Hall–Kier alpha value is -1.92. The molecule has 0 unspecified atom stereocenters. The van der Waals surface area contributed by atoms with Gasteiger partial charge in [-0.25, -0.2) is 0 Å². The Morgan fingerprint density at radius 3 is 2.62 bits per heavy atom. The first-order chi connectivity index (χ1) is 11.6. The minimum atomic E-state index is -0.590. The van der Waals surface area contributed by atoms with Crippen LogP contribution in [0.5, 0.6) is 0 Å². The van der Waals surface area contributed by atoms with Gasteiger partial charge in [-0.3, -0.25) is 9.59 Å². The van der Waals surface area contributed by atoms with Crippen molar-refractivity contribution in [2.24, 2.45) is 11.1 Å². The zero-order valence-corrected chi connectivity index (χ0v) is 13.9. The lowest BCUT2D eigenvalue weighted by atomic mass is 9.79. The smallest absolute Gasteiger partial charge is 0.242 e. The summed E-state index contributed by atoms with van der Waals surface area (Å²) >= 11 is 0. The number of ether oxygens (including phenoxy) is 1. The van der Waals surface area contributed by atoms with Crippen LogP contribution in [-0.4, -0.2) is 49.6 Å². The van der Waals surface area contributed by atoms with Crippen LogP contribution < -0.4 is 11.1 Å². The number of carbonyl (C=O) groups excluding carboxylic acids is 2. The molecular formula is C18H25N3O3. The molecule has 0 aliphatic carbocycles. The quantitative estimate of drug-likeness (QED) is 0.839. The molecule has 24 heavy (non-hydrogen) atoms. The molecular weight excluding hydrogens is 306 g/mol. The minimum Gasteiger partial charge on any atom is -0.381 e. The number of nitrogens with zero attached hydrogens (tertiary/aromatic N) is 1. The molecule has 2 aliphatic heterocycles. The average molecular weight is 331 g/mol. The fourth-order valence-corrected chi connectivity index (χ4v) is 3.45. The maximum absolute atomic E-state index is 12.5. The van der Waals surface area contributed by atoms with Gasteiger partial charge in [0.05, 0.1) is 12.0 Å². The molecule has 1 aromatic carbocycles. The molecule has 6 heteroatoms. The summed E-state index contributed by atoms with van der Waals surface area (Å²) in [6.45, 7) is 2.71. The monoisotopic (exact) mass is 331 g/mol. The van der Waals surface area contributed by atoms with E-state index in [0.29, 0.717) is 39.1 Å². The van der Waals surface area contributed by atoms with Crippen molar-refractivity contribution in [1.29, 1.82) is 0 Å². The number of hydrogen-bond acceptors (Lipinski definition) is 4. The van der Waals surface area contributed by atoms with Crippen LogP contribution in [0.25, 0.3) is 0 Å². The summed E-state index contributed by atoms with van der Waals surface area (Å²) in [5, 5.41) is 2.80. The van der Waals surface area contributed by atoms with E-state index < -0.39 is 5.41 Å².